The van der Waals surface area contributed by atoms with Crippen molar-refractivity contribution in [1.82, 2.24) is 19.7 Å². The molecular formula is C38H51N5O5. The summed E-state index contributed by atoms with van der Waals surface area (Å²) in [6.07, 6.45) is 11.6. The summed E-state index contributed by atoms with van der Waals surface area (Å²) in [4.78, 5) is 35.0. The summed E-state index contributed by atoms with van der Waals surface area (Å²) in [7, 11) is 1.71. The number of aliphatic hydroxyl groups excluding tert-OH is 1. The molecule has 10 nitrogen and oxygen atoms in total. The summed E-state index contributed by atoms with van der Waals surface area (Å²) in [5.41, 5.74) is 4.37. The number of rotatable bonds is 8. The molecule has 3 aliphatic rings. The molecule has 1 aromatic carbocycles. The fourth-order valence-electron chi connectivity index (χ4n) is 7.44. The smallest absolute Gasteiger partial charge is 0.410 e. The van der Waals surface area contributed by atoms with Gasteiger partial charge in [0.05, 0.1) is 38.0 Å². The number of hydrogen-bond acceptors (Lipinski definition) is 7. The summed E-state index contributed by atoms with van der Waals surface area (Å²) < 4.78 is 13.2. The van der Waals surface area contributed by atoms with Crippen LogP contribution in [0.4, 0.5) is 10.6 Å². The van der Waals surface area contributed by atoms with Crippen LogP contribution in [0.15, 0.2) is 48.9 Å². The third-order valence-corrected chi connectivity index (χ3v) is 10.5. The number of aryl methyl sites for hydroxylation is 1. The van der Waals surface area contributed by atoms with Crippen molar-refractivity contribution in [2.75, 3.05) is 31.6 Å². The molecule has 0 bridgehead atoms. The standard InChI is InChI=1S/C38H51N5O5/c1-25-18-29(12-15-34(25)47-5)27-8-6-26(7-9-27)21-42(35-19-30(16-17-39-35)31-20-40-43(22-31)38(2,3)4)36(45)28-10-13-33(14-11-28)48-37(46)41-23-32(44)24-41/h12,15-20,22,26-28,32-33,44H,6-11,13-14,21,23-24H2,1-5H3. The van der Waals surface area contributed by atoms with E-state index in [0.717, 1.165) is 48.1 Å². The first-order valence-corrected chi connectivity index (χ1v) is 17.6. The zero-order chi connectivity index (χ0) is 34.0. The Morgan fingerprint density at radius 1 is 0.979 bits per heavy atom. The molecule has 2 aromatic heterocycles. The minimum Gasteiger partial charge on any atom is -0.496 e. The van der Waals surface area contributed by atoms with Crippen molar-refractivity contribution in [3.05, 3.63) is 60.0 Å². The number of β-amino-alcohol motifs (C(OH)–C–C–N with tert-alkyl or cyclic N) is 1. The average Bonchev–Trinajstić information content (AvgIpc) is 3.58. The van der Waals surface area contributed by atoms with Crippen molar-refractivity contribution in [2.45, 2.75) is 103 Å². The normalized spacial score (nSPS) is 23.3. The summed E-state index contributed by atoms with van der Waals surface area (Å²) >= 11 is 0. The summed E-state index contributed by atoms with van der Waals surface area (Å²) in [5.74, 6) is 2.44. The highest BCUT2D eigenvalue weighted by Gasteiger charge is 2.36. The lowest BCUT2D eigenvalue weighted by molar-refractivity contribution is -0.124. The fourth-order valence-corrected chi connectivity index (χ4v) is 7.44. The summed E-state index contributed by atoms with van der Waals surface area (Å²) in [5, 5.41) is 14.1. The van der Waals surface area contributed by atoms with Crippen LogP contribution in [0, 0.1) is 18.8 Å². The molecule has 2 aliphatic carbocycles. The van der Waals surface area contributed by atoms with E-state index >= 15 is 0 Å². The number of anilines is 1. The van der Waals surface area contributed by atoms with Crippen LogP contribution in [-0.4, -0.2) is 75.7 Å². The van der Waals surface area contributed by atoms with E-state index in [0.29, 0.717) is 63.0 Å². The van der Waals surface area contributed by atoms with Gasteiger partial charge < -0.3 is 19.5 Å². The topological polar surface area (TPSA) is 110 Å². The van der Waals surface area contributed by atoms with Crippen LogP contribution < -0.4 is 9.64 Å². The van der Waals surface area contributed by atoms with E-state index in [1.54, 1.807) is 13.3 Å². The molecule has 6 rings (SSSR count). The van der Waals surface area contributed by atoms with Gasteiger partial charge in [-0.05, 0) is 126 Å². The molecule has 2 saturated carbocycles. The first-order valence-electron chi connectivity index (χ1n) is 17.6. The van der Waals surface area contributed by atoms with E-state index in [-0.39, 0.29) is 29.6 Å². The van der Waals surface area contributed by atoms with Crippen molar-refractivity contribution < 1.29 is 24.2 Å². The first-order chi connectivity index (χ1) is 23.0. The fraction of sp³-hybridized carbons (Fsp3) is 0.579. The Kier molecular flexibility index (Phi) is 10.1. The lowest BCUT2D eigenvalue weighted by Crippen LogP contribution is -2.54. The Morgan fingerprint density at radius 3 is 2.33 bits per heavy atom. The van der Waals surface area contributed by atoms with Crippen molar-refractivity contribution in [1.29, 1.82) is 0 Å². The number of methoxy groups -OCH3 is 1. The van der Waals surface area contributed by atoms with E-state index in [4.69, 9.17) is 14.5 Å². The van der Waals surface area contributed by atoms with Gasteiger partial charge in [0.1, 0.15) is 17.7 Å². The lowest BCUT2D eigenvalue weighted by atomic mass is 9.78. The van der Waals surface area contributed by atoms with E-state index in [9.17, 15) is 14.7 Å². The quantitative estimate of drug-likeness (QED) is 0.287. The molecule has 48 heavy (non-hydrogen) atoms. The Bertz CT molecular complexity index is 1580. The second kappa shape index (κ2) is 14.3. The molecule has 10 heteroatoms. The summed E-state index contributed by atoms with van der Waals surface area (Å²) in [6, 6.07) is 10.5. The maximum Gasteiger partial charge on any atom is 0.410 e. The molecule has 1 N–H and O–H groups in total. The minimum absolute atomic E-state index is 0.105. The number of carbonyl (C=O) groups is 2. The first kappa shape index (κ1) is 34.0. The molecule has 0 radical (unpaired) electrons. The van der Waals surface area contributed by atoms with Crippen LogP contribution in [0.1, 0.15) is 89.2 Å². The number of benzene rings is 1. The van der Waals surface area contributed by atoms with Crippen molar-refractivity contribution in [3.8, 4) is 16.9 Å². The average molecular weight is 658 g/mol. The van der Waals surface area contributed by atoms with Crippen LogP contribution in [0.25, 0.3) is 11.1 Å². The Morgan fingerprint density at radius 2 is 1.71 bits per heavy atom. The number of aliphatic hydroxyl groups is 1. The molecular weight excluding hydrogens is 606 g/mol. The van der Waals surface area contributed by atoms with Gasteiger partial charge in [0.15, 0.2) is 0 Å². The number of nitrogens with zero attached hydrogens (tertiary/aromatic N) is 5. The number of amides is 2. The zero-order valence-corrected chi connectivity index (χ0v) is 29.1. The number of carbonyl (C=O) groups excluding carboxylic acids is 2. The minimum atomic E-state index is -0.458. The van der Waals surface area contributed by atoms with Gasteiger partial charge in [-0.1, -0.05) is 12.1 Å². The molecule has 0 unspecified atom stereocenters. The molecule has 258 valence electrons. The van der Waals surface area contributed by atoms with Crippen molar-refractivity contribution in [2.24, 2.45) is 11.8 Å². The monoisotopic (exact) mass is 657 g/mol. The van der Waals surface area contributed by atoms with Crippen molar-refractivity contribution in [3.63, 3.8) is 0 Å². The number of ether oxygens (including phenoxy) is 2. The van der Waals surface area contributed by atoms with E-state index < -0.39 is 6.10 Å². The SMILES string of the molecule is COc1ccc(C2CCC(CN(C(=O)C3CCC(OC(=O)N4CC(O)C4)CC3)c3cc(-c4cnn(C(C)(C)C)c4)ccn3)CC2)cc1C. The number of hydrogen-bond donors (Lipinski definition) is 1. The van der Waals surface area contributed by atoms with Gasteiger partial charge in [0.25, 0.3) is 0 Å². The zero-order valence-electron chi connectivity index (χ0n) is 29.1. The van der Waals surface area contributed by atoms with E-state index in [1.807, 2.05) is 27.9 Å². The Balaban J connectivity index is 1.16. The van der Waals surface area contributed by atoms with Gasteiger partial charge >= 0.3 is 6.09 Å². The Hall–Kier alpha value is -3.92. The maximum atomic E-state index is 14.4. The van der Waals surface area contributed by atoms with E-state index in [2.05, 4.69) is 57.2 Å². The van der Waals surface area contributed by atoms with E-state index in [1.165, 1.54) is 10.5 Å². The highest BCUT2D eigenvalue weighted by Crippen LogP contribution is 2.39. The van der Waals surface area contributed by atoms with Crippen molar-refractivity contribution >= 4 is 17.8 Å². The molecule has 1 aliphatic heterocycles. The van der Waals surface area contributed by atoms with Gasteiger partial charge in [-0.2, -0.15) is 5.10 Å². The van der Waals surface area contributed by atoms with Crippen LogP contribution in [-0.2, 0) is 15.1 Å². The molecule has 0 atom stereocenters. The second-order valence-electron chi connectivity index (χ2n) is 15.1. The Labute approximate surface area is 284 Å². The predicted molar refractivity (Wildman–Crippen MR) is 185 cm³/mol. The third kappa shape index (κ3) is 7.69. The number of likely N-dealkylation sites (tertiary alicyclic amines) is 1. The maximum absolute atomic E-state index is 14.4. The van der Waals surface area contributed by atoms with Crippen LogP contribution in [0.2, 0.25) is 0 Å². The molecule has 0 spiro atoms. The van der Waals surface area contributed by atoms with Gasteiger partial charge in [-0.3, -0.25) is 14.4 Å². The highest BCUT2D eigenvalue weighted by molar-refractivity contribution is 5.94. The molecule has 3 heterocycles. The second-order valence-corrected chi connectivity index (χ2v) is 15.1. The highest BCUT2D eigenvalue weighted by atomic mass is 16.6. The molecule has 3 fully saturated rings. The molecule has 2 amide bonds. The van der Waals surface area contributed by atoms with Gasteiger partial charge in [0.2, 0.25) is 5.91 Å². The lowest BCUT2D eigenvalue weighted by Gasteiger charge is -2.38. The third-order valence-electron chi connectivity index (χ3n) is 10.5. The van der Waals surface area contributed by atoms with Gasteiger partial charge in [0, 0.05) is 30.4 Å². The van der Waals surface area contributed by atoms with Gasteiger partial charge in [-0.15, -0.1) is 0 Å². The van der Waals surface area contributed by atoms with Gasteiger partial charge in [-0.25, -0.2) is 9.78 Å². The van der Waals surface area contributed by atoms with Crippen LogP contribution >= 0.6 is 0 Å². The van der Waals surface area contributed by atoms with Crippen LogP contribution in [0.5, 0.6) is 5.75 Å². The largest absolute Gasteiger partial charge is 0.496 e. The predicted octanol–water partition coefficient (Wildman–Crippen LogP) is 6.70. The number of aromatic nitrogens is 3. The van der Waals surface area contributed by atoms with Crippen LogP contribution in [0.3, 0.4) is 0 Å². The molecule has 1 saturated heterocycles. The summed E-state index contributed by atoms with van der Waals surface area (Å²) in [6.45, 7) is 9.75. The number of pyridine rings is 1. The molecule has 3 aromatic rings.